The molecule has 1 aliphatic rings. The van der Waals surface area contributed by atoms with Crippen molar-refractivity contribution >= 4 is 22.9 Å². The molecular formula is C5H11IN2. The number of nitrogens with one attached hydrogen (secondary N) is 1. The van der Waals surface area contributed by atoms with Crippen LogP contribution >= 0.6 is 22.9 Å². The van der Waals surface area contributed by atoms with E-state index in [-0.39, 0.29) is 0 Å². The number of rotatable bonds is 0. The van der Waals surface area contributed by atoms with Gasteiger partial charge in [0, 0.05) is 48.5 Å². The van der Waals surface area contributed by atoms with Crippen molar-refractivity contribution in [2.24, 2.45) is 0 Å². The molecule has 0 bridgehead atoms. The van der Waals surface area contributed by atoms with E-state index in [1.807, 2.05) is 0 Å². The van der Waals surface area contributed by atoms with E-state index in [4.69, 9.17) is 0 Å². The van der Waals surface area contributed by atoms with Crippen LogP contribution in [-0.4, -0.2) is 28.8 Å². The van der Waals surface area contributed by atoms with Crippen molar-refractivity contribution in [2.75, 3.05) is 19.6 Å². The summed E-state index contributed by atoms with van der Waals surface area (Å²) in [5, 5.41) is 3.32. The Hall–Kier alpha value is 0.650. The molecular weight excluding hydrogens is 215 g/mol. The van der Waals surface area contributed by atoms with Gasteiger partial charge in [0.25, 0.3) is 0 Å². The molecule has 1 N–H and O–H groups in total. The summed E-state index contributed by atoms with van der Waals surface area (Å²) in [6.45, 7) is 5.70. The van der Waals surface area contributed by atoms with E-state index >= 15 is 0 Å². The fourth-order valence-corrected chi connectivity index (χ4v) is 1.25. The zero-order chi connectivity index (χ0) is 5.98. The van der Waals surface area contributed by atoms with Crippen LogP contribution in [0.15, 0.2) is 0 Å². The normalized spacial score (nSPS) is 33.0. The van der Waals surface area contributed by atoms with Crippen LogP contribution < -0.4 is 5.32 Å². The Morgan fingerprint density at radius 3 is 2.88 bits per heavy atom. The van der Waals surface area contributed by atoms with Gasteiger partial charge in [-0.3, -0.25) is 0 Å². The van der Waals surface area contributed by atoms with Gasteiger partial charge in [0.15, 0.2) is 0 Å². The first kappa shape index (κ1) is 6.77. The highest BCUT2D eigenvalue weighted by Crippen LogP contribution is 2.06. The second-order valence-corrected chi connectivity index (χ2v) is 3.42. The summed E-state index contributed by atoms with van der Waals surface area (Å²) in [4.78, 5) is 0. The standard InChI is InChI=1S/C5H11IN2/c1-5-4-7-2-3-8(5)6/h5,7H,2-4H2,1H3/t5-/m1/s1. The van der Waals surface area contributed by atoms with Crippen LogP contribution in [0.1, 0.15) is 6.92 Å². The van der Waals surface area contributed by atoms with Crippen molar-refractivity contribution < 1.29 is 0 Å². The molecule has 0 amide bonds. The first-order chi connectivity index (χ1) is 3.80. The molecule has 1 aliphatic heterocycles. The molecule has 2 nitrogen and oxygen atoms in total. The number of piperazine rings is 1. The molecule has 0 aliphatic carbocycles. The van der Waals surface area contributed by atoms with Gasteiger partial charge in [-0.1, -0.05) is 0 Å². The second kappa shape index (κ2) is 2.98. The van der Waals surface area contributed by atoms with Gasteiger partial charge in [0.05, 0.1) is 0 Å². The third-order valence-electron chi connectivity index (χ3n) is 1.42. The van der Waals surface area contributed by atoms with Crippen LogP contribution in [0.3, 0.4) is 0 Å². The summed E-state index contributed by atoms with van der Waals surface area (Å²) in [7, 11) is 0. The first-order valence-corrected chi connectivity index (χ1v) is 3.90. The van der Waals surface area contributed by atoms with Gasteiger partial charge in [-0.2, -0.15) is 0 Å². The van der Waals surface area contributed by atoms with Gasteiger partial charge in [0.2, 0.25) is 0 Å². The average molecular weight is 226 g/mol. The molecule has 1 fully saturated rings. The summed E-state index contributed by atoms with van der Waals surface area (Å²) in [5.41, 5.74) is 0. The van der Waals surface area contributed by atoms with E-state index in [0.717, 1.165) is 13.1 Å². The van der Waals surface area contributed by atoms with Gasteiger partial charge in [0.1, 0.15) is 0 Å². The quantitative estimate of drug-likeness (QED) is 0.481. The molecule has 0 aromatic rings. The number of nitrogens with zero attached hydrogens (tertiary/aromatic N) is 1. The fraction of sp³-hybridized carbons (Fsp3) is 1.00. The van der Waals surface area contributed by atoms with Crippen molar-refractivity contribution in [3.05, 3.63) is 0 Å². The van der Waals surface area contributed by atoms with Crippen LogP contribution in [0.4, 0.5) is 0 Å². The van der Waals surface area contributed by atoms with Crippen molar-refractivity contribution in [2.45, 2.75) is 13.0 Å². The maximum absolute atomic E-state index is 3.32. The minimum Gasteiger partial charge on any atom is -0.314 e. The van der Waals surface area contributed by atoms with Gasteiger partial charge in [-0.25, -0.2) is 3.11 Å². The summed E-state index contributed by atoms with van der Waals surface area (Å²) >= 11 is 2.38. The third-order valence-corrected chi connectivity index (χ3v) is 2.85. The van der Waals surface area contributed by atoms with E-state index < -0.39 is 0 Å². The molecule has 48 valence electrons. The Kier molecular flexibility index (Phi) is 2.52. The van der Waals surface area contributed by atoms with E-state index in [1.165, 1.54) is 6.54 Å². The zero-order valence-electron chi connectivity index (χ0n) is 5.02. The lowest BCUT2D eigenvalue weighted by Crippen LogP contribution is -2.44. The van der Waals surface area contributed by atoms with Crippen LogP contribution in [0, 0.1) is 0 Å². The predicted octanol–water partition coefficient (Wildman–Crippen LogP) is 0.630. The smallest absolute Gasteiger partial charge is 0.0291 e. The zero-order valence-corrected chi connectivity index (χ0v) is 7.18. The average Bonchev–Trinajstić information content (AvgIpc) is 1.77. The summed E-state index contributed by atoms with van der Waals surface area (Å²) in [6, 6.07) is 0.712. The lowest BCUT2D eigenvalue weighted by molar-refractivity contribution is 0.334. The molecule has 0 saturated carbocycles. The van der Waals surface area contributed by atoms with E-state index in [1.54, 1.807) is 0 Å². The van der Waals surface area contributed by atoms with Gasteiger partial charge in [-0.15, -0.1) is 0 Å². The molecule has 1 saturated heterocycles. The van der Waals surface area contributed by atoms with Crippen LogP contribution in [0.25, 0.3) is 0 Å². The molecule has 1 heterocycles. The summed E-state index contributed by atoms with van der Waals surface area (Å²) < 4.78 is 2.34. The molecule has 1 rings (SSSR count). The van der Waals surface area contributed by atoms with Gasteiger partial charge in [-0.05, 0) is 6.92 Å². The minimum atomic E-state index is 0.712. The van der Waals surface area contributed by atoms with Crippen LogP contribution in [0.5, 0.6) is 0 Å². The molecule has 3 heteroatoms. The monoisotopic (exact) mass is 226 g/mol. The van der Waals surface area contributed by atoms with E-state index in [0.29, 0.717) is 6.04 Å². The summed E-state index contributed by atoms with van der Waals surface area (Å²) in [6.07, 6.45) is 0. The first-order valence-electron chi connectivity index (χ1n) is 2.94. The molecule has 8 heavy (non-hydrogen) atoms. The Bertz CT molecular complexity index is 66.8. The Morgan fingerprint density at radius 1 is 1.75 bits per heavy atom. The maximum atomic E-state index is 3.32. The largest absolute Gasteiger partial charge is 0.314 e. The maximum Gasteiger partial charge on any atom is 0.0291 e. The molecule has 0 aromatic carbocycles. The Labute approximate surface area is 64.1 Å². The summed E-state index contributed by atoms with van der Waals surface area (Å²) in [5.74, 6) is 0. The van der Waals surface area contributed by atoms with E-state index in [2.05, 4.69) is 38.2 Å². The Balaban J connectivity index is 2.28. The highest BCUT2D eigenvalue weighted by molar-refractivity contribution is 14.1. The lowest BCUT2D eigenvalue weighted by atomic mass is 10.3. The van der Waals surface area contributed by atoms with Gasteiger partial charge >= 0.3 is 0 Å². The SMILES string of the molecule is C[C@@H]1CNCCN1I. The minimum absolute atomic E-state index is 0.712. The molecule has 0 aromatic heterocycles. The van der Waals surface area contributed by atoms with Crippen molar-refractivity contribution in [1.29, 1.82) is 0 Å². The van der Waals surface area contributed by atoms with Crippen LogP contribution in [0.2, 0.25) is 0 Å². The Morgan fingerprint density at radius 2 is 2.50 bits per heavy atom. The lowest BCUT2D eigenvalue weighted by Gasteiger charge is -2.27. The highest BCUT2D eigenvalue weighted by Gasteiger charge is 2.13. The van der Waals surface area contributed by atoms with Crippen molar-refractivity contribution in [3.63, 3.8) is 0 Å². The molecule has 1 atom stereocenters. The molecule has 0 unspecified atom stereocenters. The number of hydrogen-bond donors (Lipinski definition) is 1. The molecule has 0 spiro atoms. The topological polar surface area (TPSA) is 15.3 Å². The second-order valence-electron chi connectivity index (χ2n) is 2.18. The van der Waals surface area contributed by atoms with E-state index in [9.17, 15) is 0 Å². The van der Waals surface area contributed by atoms with Crippen molar-refractivity contribution in [1.82, 2.24) is 8.43 Å². The van der Waals surface area contributed by atoms with Gasteiger partial charge < -0.3 is 5.32 Å². The molecule has 0 radical (unpaired) electrons. The highest BCUT2D eigenvalue weighted by atomic mass is 127. The van der Waals surface area contributed by atoms with Crippen molar-refractivity contribution in [3.8, 4) is 0 Å². The van der Waals surface area contributed by atoms with Crippen LogP contribution in [-0.2, 0) is 0 Å². The predicted molar refractivity (Wildman–Crippen MR) is 43.1 cm³/mol. The fourth-order valence-electron chi connectivity index (χ4n) is 0.816. The number of hydrogen-bond acceptors (Lipinski definition) is 2. The third kappa shape index (κ3) is 1.56. The number of halogens is 1.